The first-order chi connectivity index (χ1) is 13.4. The van der Waals surface area contributed by atoms with Crippen LogP contribution < -0.4 is 0 Å². The largest absolute Gasteiger partial charge is 0.381 e. The molecule has 158 valence electrons. The molecule has 0 amide bonds. The van der Waals surface area contributed by atoms with Crippen molar-refractivity contribution in [1.29, 1.82) is 0 Å². The van der Waals surface area contributed by atoms with Gasteiger partial charge in [-0.25, -0.2) is 0 Å². The number of allylic oxidation sites excluding steroid dienone is 2. The topological polar surface area (TPSA) is 9.23 Å². The molecule has 0 aromatic heterocycles. The van der Waals surface area contributed by atoms with Crippen LogP contribution in [0.2, 0.25) is 0 Å². The number of hydrogen-bond donors (Lipinski definition) is 0. The van der Waals surface area contributed by atoms with E-state index in [1.165, 1.54) is 64.2 Å². The van der Waals surface area contributed by atoms with Crippen LogP contribution in [0.15, 0.2) is 12.2 Å². The predicted octanol–water partition coefficient (Wildman–Crippen LogP) is 7.26. The van der Waals surface area contributed by atoms with Gasteiger partial charge >= 0.3 is 0 Å². The van der Waals surface area contributed by atoms with Crippen LogP contribution in [-0.4, -0.2) is 13.2 Å². The van der Waals surface area contributed by atoms with Crippen molar-refractivity contribution in [3.63, 3.8) is 0 Å². The lowest BCUT2D eigenvalue weighted by atomic mass is 9.45. The fourth-order valence-electron chi connectivity index (χ4n) is 10.1. The van der Waals surface area contributed by atoms with Crippen molar-refractivity contribution < 1.29 is 4.74 Å². The second kappa shape index (κ2) is 6.60. The minimum absolute atomic E-state index is 0.550. The number of ether oxygens (including phenoxy) is 1. The third-order valence-electron chi connectivity index (χ3n) is 11.4. The molecular weight excluding hydrogens is 340 g/mol. The maximum Gasteiger partial charge on any atom is 0.0638 e. The quantitative estimate of drug-likeness (QED) is 0.453. The zero-order valence-corrected chi connectivity index (χ0v) is 19.2. The van der Waals surface area contributed by atoms with Crippen LogP contribution in [0.1, 0.15) is 91.9 Å². The fourth-order valence-corrected chi connectivity index (χ4v) is 10.1. The minimum atomic E-state index is 0.550. The summed E-state index contributed by atoms with van der Waals surface area (Å²) >= 11 is 0. The molecule has 0 heterocycles. The van der Waals surface area contributed by atoms with Crippen molar-refractivity contribution in [3.8, 4) is 0 Å². The third-order valence-corrected chi connectivity index (χ3v) is 11.4. The average molecular weight is 385 g/mol. The van der Waals surface area contributed by atoms with E-state index in [0.29, 0.717) is 22.3 Å². The molecule has 1 heteroatoms. The highest BCUT2D eigenvalue weighted by atomic mass is 16.5. The van der Waals surface area contributed by atoms with Crippen molar-refractivity contribution >= 4 is 0 Å². The summed E-state index contributed by atoms with van der Waals surface area (Å²) in [6.45, 7) is 10.2. The lowest BCUT2D eigenvalue weighted by Crippen LogP contribution is -2.57. The first kappa shape index (κ1) is 19.7. The van der Waals surface area contributed by atoms with E-state index in [4.69, 9.17) is 4.74 Å². The molecule has 0 bridgehead atoms. The van der Waals surface area contributed by atoms with Crippen LogP contribution in [0.25, 0.3) is 0 Å². The molecule has 0 aromatic rings. The van der Waals surface area contributed by atoms with Gasteiger partial charge in [0.1, 0.15) is 0 Å². The highest BCUT2D eigenvalue weighted by Crippen LogP contribution is 2.82. The van der Waals surface area contributed by atoms with Crippen LogP contribution in [0.3, 0.4) is 0 Å². The molecule has 1 nitrogen and oxygen atoms in total. The second-order valence-electron chi connectivity index (χ2n) is 12.0. The highest BCUT2D eigenvalue weighted by molar-refractivity contribution is 5.26. The van der Waals surface area contributed by atoms with Crippen LogP contribution in [0.4, 0.5) is 0 Å². The number of rotatable bonds is 5. The van der Waals surface area contributed by atoms with E-state index >= 15 is 0 Å². The van der Waals surface area contributed by atoms with E-state index in [1.54, 1.807) is 0 Å². The fraction of sp³-hybridized carbons (Fsp3) is 0.926. The molecule has 28 heavy (non-hydrogen) atoms. The first-order valence-electron chi connectivity index (χ1n) is 12.6. The summed E-state index contributed by atoms with van der Waals surface area (Å²) in [6, 6.07) is 0. The molecule has 5 rings (SSSR count). The Morgan fingerprint density at radius 3 is 2.61 bits per heavy atom. The molecule has 0 unspecified atom stereocenters. The van der Waals surface area contributed by atoms with Crippen molar-refractivity contribution in [3.05, 3.63) is 12.2 Å². The normalized spacial score (nSPS) is 55.5. The highest BCUT2D eigenvalue weighted by Gasteiger charge is 2.77. The van der Waals surface area contributed by atoms with Gasteiger partial charge in [-0.3, -0.25) is 0 Å². The van der Waals surface area contributed by atoms with Gasteiger partial charge in [-0.05, 0) is 104 Å². The molecule has 1 spiro atoms. The molecule has 5 aliphatic carbocycles. The van der Waals surface area contributed by atoms with Crippen LogP contribution in [-0.2, 0) is 4.74 Å². The molecule has 5 aliphatic rings. The molecule has 0 saturated heterocycles. The number of methoxy groups -OCH3 is 1. The molecule has 0 aliphatic heterocycles. The Labute approximate surface area is 174 Å². The molecule has 0 radical (unpaired) electrons. The molecule has 5 fully saturated rings. The summed E-state index contributed by atoms with van der Waals surface area (Å²) in [4.78, 5) is 0. The molecule has 0 N–H and O–H groups in total. The number of fused-ring (bicyclic) bond motifs is 4. The summed E-state index contributed by atoms with van der Waals surface area (Å²) < 4.78 is 6.27. The average Bonchev–Trinajstić information content (AvgIpc) is 3.18. The van der Waals surface area contributed by atoms with Crippen LogP contribution in [0, 0.1) is 51.8 Å². The van der Waals surface area contributed by atoms with Crippen molar-refractivity contribution in [2.24, 2.45) is 51.8 Å². The van der Waals surface area contributed by atoms with Gasteiger partial charge in [0.25, 0.3) is 0 Å². The van der Waals surface area contributed by atoms with E-state index in [0.717, 1.165) is 35.5 Å². The number of hydrogen-bond acceptors (Lipinski definition) is 1. The van der Waals surface area contributed by atoms with Gasteiger partial charge in [0, 0.05) is 12.5 Å². The summed E-state index contributed by atoms with van der Waals surface area (Å²) in [5.74, 6) is 5.50. The van der Waals surface area contributed by atoms with E-state index < -0.39 is 0 Å². The van der Waals surface area contributed by atoms with E-state index in [9.17, 15) is 0 Å². The first-order valence-corrected chi connectivity index (χ1v) is 12.6. The van der Waals surface area contributed by atoms with Gasteiger partial charge in [0.05, 0.1) is 6.10 Å². The van der Waals surface area contributed by atoms with Crippen LogP contribution in [0.5, 0.6) is 0 Å². The standard InChI is InChI=1S/C27H44O/c1-6-7-8-9-18(2)21-10-11-22-20-16-24(28-5)27-17-19(27)12-15-26(27,4)23(20)13-14-25(21,22)3/h8-9,18-24H,6-7,10-17H2,1-5H3/b9-8-/t18-,19-,20+,21-,22+,23+,24-,25-,26-,27+/m1/s1. The second-order valence-corrected chi connectivity index (χ2v) is 12.0. The molecule has 0 aromatic carbocycles. The van der Waals surface area contributed by atoms with Crippen molar-refractivity contribution in [2.75, 3.05) is 7.11 Å². The van der Waals surface area contributed by atoms with Crippen LogP contribution >= 0.6 is 0 Å². The zero-order valence-electron chi connectivity index (χ0n) is 19.2. The third kappa shape index (κ3) is 2.35. The van der Waals surface area contributed by atoms with E-state index in [1.807, 2.05) is 7.11 Å². The van der Waals surface area contributed by atoms with Gasteiger partial charge in [-0.1, -0.05) is 46.3 Å². The predicted molar refractivity (Wildman–Crippen MR) is 117 cm³/mol. The smallest absolute Gasteiger partial charge is 0.0638 e. The zero-order chi connectivity index (χ0) is 19.7. The monoisotopic (exact) mass is 384 g/mol. The van der Waals surface area contributed by atoms with E-state index in [-0.39, 0.29) is 0 Å². The van der Waals surface area contributed by atoms with Gasteiger partial charge in [0.2, 0.25) is 0 Å². The summed E-state index contributed by atoms with van der Waals surface area (Å²) in [6.07, 6.45) is 19.9. The maximum absolute atomic E-state index is 6.27. The van der Waals surface area contributed by atoms with E-state index in [2.05, 4.69) is 39.8 Å². The Balaban J connectivity index is 1.41. The summed E-state index contributed by atoms with van der Waals surface area (Å²) in [5.41, 5.74) is 1.72. The molecule has 10 atom stereocenters. The Hall–Kier alpha value is -0.300. The lowest BCUT2D eigenvalue weighted by molar-refractivity contribution is -0.160. The van der Waals surface area contributed by atoms with Crippen molar-refractivity contribution in [2.45, 2.75) is 98.0 Å². The Morgan fingerprint density at radius 2 is 1.89 bits per heavy atom. The molecule has 5 saturated carbocycles. The minimum Gasteiger partial charge on any atom is -0.381 e. The number of unbranched alkanes of at least 4 members (excludes halogenated alkanes) is 1. The van der Waals surface area contributed by atoms with Gasteiger partial charge in [-0.2, -0.15) is 0 Å². The van der Waals surface area contributed by atoms with Gasteiger partial charge in [-0.15, -0.1) is 0 Å². The molecular formula is C27H44O. The summed E-state index contributed by atoms with van der Waals surface area (Å²) in [5, 5.41) is 0. The Morgan fingerprint density at radius 1 is 1.07 bits per heavy atom. The van der Waals surface area contributed by atoms with Gasteiger partial charge < -0.3 is 4.74 Å². The van der Waals surface area contributed by atoms with Gasteiger partial charge in [0.15, 0.2) is 0 Å². The maximum atomic E-state index is 6.27. The SMILES string of the molecule is CCC/C=C\[C@@H](C)[C@H]1CC[C@H]2[C@@H]3C[C@@H](OC)[C@]45C[C@H]4CC[C@]5(C)[C@H]3CC[C@]12C. The lowest BCUT2D eigenvalue weighted by Gasteiger charge is -2.61. The summed E-state index contributed by atoms with van der Waals surface area (Å²) in [7, 11) is 2.02. The van der Waals surface area contributed by atoms with Crippen molar-refractivity contribution in [1.82, 2.24) is 0 Å². The Kier molecular flexibility index (Phi) is 4.63. The Bertz CT molecular complexity index is 638.